The maximum atomic E-state index is 11.8. The maximum absolute atomic E-state index is 11.8. The Hall–Kier alpha value is -2.24. The Labute approximate surface area is 118 Å². The predicted molar refractivity (Wildman–Crippen MR) is 77.0 cm³/mol. The fraction of sp³-hybridized carbons (Fsp3) is 0.429. The second-order valence-electron chi connectivity index (χ2n) is 4.57. The Morgan fingerprint density at radius 3 is 2.85 bits per heavy atom. The summed E-state index contributed by atoms with van der Waals surface area (Å²) in [6, 6.07) is 7.68. The molecule has 6 nitrogen and oxygen atoms in total. The lowest BCUT2D eigenvalue weighted by Crippen LogP contribution is -2.31. The summed E-state index contributed by atoms with van der Waals surface area (Å²) in [6.07, 6.45) is 0.637. The fourth-order valence-electron chi connectivity index (χ4n) is 1.61. The van der Waals surface area contributed by atoms with Crippen LogP contribution in [-0.2, 0) is 4.79 Å². The Balaban J connectivity index is 2.29. The van der Waals surface area contributed by atoms with E-state index in [4.69, 9.17) is 15.7 Å². The monoisotopic (exact) mass is 279 g/mol. The van der Waals surface area contributed by atoms with E-state index in [0.29, 0.717) is 26.0 Å². The van der Waals surface area contributed by atoms with Gasteiger partial charge in [0.1, 0.15) is 11.6 Å². The van der Waals surface area contributed by atoms with Crippen molar-refractivity contribution in [3.63, 3.8) is 0 Å². The van der Waals surface area contributed by atoms with Crippen LogP contribution in [-0.4, -0.2) is 42.0 Å². The van der Waals surface area contributed by atoms with E-state index >= 15 is 0 Å². The number of rotatable bonds is 7. The van der Waals surface area contributed by atoms with Gasteiger partial charge >= 0.3 is 0 Å². The Kier molecular flexibility index (Phi) is 6.36. The van der Waals surface area contributed by atoms with Gasteiger partial charge in [-0.25, -0.2) is 0 Å². The minimum Gasteiger partial charge on any atom is -0.493 e. The second-order valence-corrected chi connectivity index (χ2v) is 4.57. The second kappa shape index (κ2) is 8.04. The minimum absolute atomic E-state index is 0.0385. The molecular weight excluding hydrogens is 258 g/mol. The molecule has 1 amide bonds. The Morgan fingerprint density at radius 1 is 1.45 bits per heavy atom. The molecule has 0 bridgehead atoms. The van der Waals surface area contributed by atoms with E-state index in [0.717, 1.165) is 11.3 Å². The molecule has 0 aliphatic carbocycles. The molecular formula is C14H21N3O3. The molecule has 0 atom stereocenters. The molecule has 3 N–H and O–H groups in total. The number of oxime groups is 1. The molecule has 0 aliphatic heterocycles. The lowest BCUT2D eigenvalue weighted by Gasteiger charge is -2.16. The number of ether oxygens (including phenoxy) is 1. The van der Waals surface area contributed by atoms with E-state index in [1.165, 1.54) is 4.90 Å². The van der Waals surface area contributed by atoms with Gasteiger partial charge in [-0.15, -0.1) is 0 Å². The lowest BCUT2D eigenvalue weighted by molar-refractivity contribution is -0.130. The number of nitrogens with zero attached hydrogens (tertiary/aromatic N) is 2. The van der Waals surface area contributed by atoms with Crippen LogP contribution in [0.2, 0.25) is 0 Å². The predicted octanol–water partition coefficient (Wildman–Crippen LogP) is 1.36. The van der Waals surface area contributed by atoms with Gasteiger partial charge in [-0.2, -0.15) is 0 Å². The van der Waals surface area contributed by atoms with Gasteiger partial charge in [0.15, 0.2) is 0 Å². The number of carbonyl (C=O) groups is 1. The first-order valence-corrected chi connectivity index (χ1v) is 6.42. The van der Waals surface area contributed by atoms with Crippen molar-refractivity contribution in [2.75, 3.05) is 20.2 Å². The number of carbonyl (C=O) groups excluding carboxylic acids is 1. The SMILES string of the molecule is Cc1cccc(OCCC(=O)N(C)CC/C(N)=N/O)c1. The number of amidine groups is 1. The van der Waals surface area contributed by atoms with Crippen LogP contribution in [0.25, 0.3) is 0 Å². The summed E-state index contributed by atoms with van der Waals surface area (Å²) in [5, 5.41) is 11.3. The van der Waals surface area contributed by atoms with Gasteiger partial charge in [-0.1, -0.05) is 17.3 Å². The van der Waals surface area contributed by atoms with Crippen molar-refractivity contribution < 1.29 is 14.7 Å². The molecule has 0 radical (unpaired) electrons. The average molecular weight is 279 g/mol. The summed E-state index contributed by atoms with van der Waals surface area (Å²) in [6.45, 7) is 2.73. The smallest absolute Gasteiger partial charge is 0.225 e. The molecule has 1 rings (SSSR count). The van der Waals surface area contributed by atoms with Crippen LogP contribution in [0.4, 0.5) is 0 Å². The van der Waals surface area contributed by atoms with Crippen LogP contribution in [0.3, 0.4) is 0 Å². The first-order valence-electron chi connectivity index (χ1n) is 6.42. The molecule has 0 aliphatic rings. The van der Waals surface area contributed by atoms with E-state index in [1.807, 2.05) is 31.2 Å². The first-order chi connectivity index (χ1) is 9.52. The Morgan fingerprint density at radius 2 is 2.20 bits per heavy atom. The zero-order valence-corrected chi connectivity index (χ0v) is 11.9. The molecule has 1 aromatic rings. The van der Waals surface area contributed by atoms with Crippen LogP contribution in [0, 0.1) is 6.92 Å². The van der Waals surface area contributed by atoms with Gasteiger partial charge in [-0.05, 0) is 24.6 Å². The first kappa shape index (κ1) is 15.8. The van der Waals surface area contributed by atoms with Crippen LogP contribution < -0.4 is 10.5 Å². The number of hydrogen-bond acceptors (Lipinski definition) is 4. The van der Waals surface area contributed by atoms with Crippen molar-refractivity contribution in [2.45, 2.75) is 19.8 Å². The van der Waals surface area contributed by atoms with E-state index < -0.39 is 0 Å². The molecule has 0 fully saturated rings. The van der Waals surface area contributed by atoms with Crippen molar-refractivity contribution >= 4 is 11.7 Å². The average Bonchev–Trinajstić information content (AvgIpc) is 2.44. The molecule has 1 aromatic carbocycles. The summed E-state index contributed by atoms with van der Waals surface area (Å²) in [5.74, 6) is 0.834. The van der Waals surface area contributed by atoms with Crippen molar-refractivity contribution in [2.24, 2.45) is 10.9 Å². The molecule has 0 saturated carbocycles. The summed E-state index contributed by atoms with van der Waals surface area (Å²) in [7, 11) is 1.68. The zero-order valence-electron chi connectivity index (χ0n) is 11.9. The standard InChI is InChI=1S/C14H21N3O3/c1-11-4-3-5-12(10-11)20-9-7-14(18)17(2)8-6-13(15)16-19/h3-5,10,19H,6-9H2,1-2H3,(H2,15,16). The van der Waals surface area contributed by atoms with Crippen LogP contribution >= 0.6 is 0 Å². The zero-order chi connectivity index (χ0) is 15.0. The third-order valence-corrected chi connectivity index (χ3v) is 2.83. The van der Waals surface area contributed by atoms with Gasteiger partial charge in [-0.3, -0.25) is 4.79 Å². The van der Waals surface area contributed by atoms with Gasteiger partial charge in [0, 0.05) is 20.0 Å². The van der Waals surface area contributed by atoms with Gasteiger partial charge in [0.05, 0.1) is 13.0 Å². The number of aryl methyl sites for hydroxylation is 1. The van der Waals surface area contributed by atoms with Crippen molar-refractivity contribution in [1.82, 2.24) is 4.90 Å². The van der Waals surface area contributed by atoms with E-state index in [9.17, 15) is 4.79 Å². The molecule has 20 heavy (non-hydrogen) atoms. The molecule has 0 aromatic heterocycles. The van der Waals surface area contributed by atoms with Crippen molar-refractivity contribution in [1.29, 1.82) is 0 Å². The number of amides is 1. The van der Waals surface area contributed by atoms with Crippen molar-refractivity contribution in [3.8, 4) is 5.75 Å². The summed E-state index contributed by atoms with van der Waals surface area (Å²) in [5.41, 5.74) is 6.46. The number of benzene rings is 1. The van der Waals surface area contributed by atoms with Crippen LogP contribution in [0.5, 0.6) is 5.75 Å². The minimum atomic E-state index is -0.0385. The largest absolute Gasteiger partial charge is 0.493 e. The lowest BCUT2D eigenvalue weighted by atomic mass is 10.2. The van der Waals surface area contributed by atoms with Gasteiger partial charge in [0.25, 0.3) is 0 Å². The fourth-order valence-corrected chi connectivity index (χ4v) is 1.61. The van der Waals surface area contributed by atoms with Crippen molar-refractivity contribution in [3.05, 3.63) is 29.8 Å². The molecule has 0 saturated heterocycles. The molecule has 6 heteroatoms. The van der Waals surface area contributed by atoms with Crippen LogP contribution in [0.1, 0.15) is 18.4 Å². The molecule has 0 unspecified atom stereocenters. The maximum Gasteiger partial charge on any atom is 0.225 e. The van der Waals surface area contributed by atoms with E-state index in [1.54, 1.807) is 7.05 Å². The van der Waals surface area contributed by atoms with E-state index in [-0.39, 0.29) is 11.7 Å². The normalized spacial score (nSPS) is 11.2. The molecule has 0 heterocycles. The summed E-state index contributed by atoms with van der Waals surface area (Å²) < 4.78 is 5.52. The highest BCUT2D eigenvalue weighted by Crippen LogP contribution is 2.12. The topological polar surface area (TPSA) is 88.2 Å². The third-order valence-electron chi connectivity index (χ3n) is 2.83. The number of hydrogen-bond donors (Lipinski definition) is 2. The van der Waals surface area contributed by atoms with E-state index in [2.05, 4.69) is 5.16 Å². The van der Waals surface area contributed by atoms with Crippen LogP contribution in [0.15, 0.2) is 29.4 Å². The summed E-state index contributed by atoms with van der Waals surface area (Å²) in [4.78, 5) is 13.3. The Bertz CT molecular complexity index is 474. The highest BCUT2D eigenvalue weighted by molar-refractivity contribution is 5.81. The molecule has 0 spiro atoms. The highest BCUT2D eigenvalue weighted by Gasteiger charge is 2.09. The number of nitrogens with two attached hydrogens (primary N) is 1. The van der Waals surface area contributed by atoms with Gasteiger partial charge < -0.3 is 20.6 Å². The summed E-state index contributed by atoms with van der Waals surface area (Å²) >= 11 is 0. The third kappa shape index (κ3) is 5.60. The highest BCUT2D eigenvalue weighted by atomic mass is 16.5. The quantitative estimate of drug-likeness (QED) is 0.341. The van der Waals surface area contributed by atoms with Gasteiger partial charge in [0.2, 0.25) is 5.91 Å². The molecule has 110 valence electrons.